The molecule has 0 aliphatic rings. The largest absolute Gasteiger partial charge is 0.294 e. The molecule has 1 aromatic heterocycles. The number of carbonyl (C=O) groups is 1. The van der Waals surface area contributed by atoms with E-state index in [1.165, 1.54) is 5.56 Å². The van der Waals surface area contributed by atoms with E-state index in [2.05, 4.69) is 23.8 Å². The second-order valence-corrected chi connectivity index (χ2v) is 4.85. The van der Waals surface area contributed by atoms with E-state index in [4.69, 9.17) is 0 Å². The topological polar surface area (TPSA) is 17.1 Å². The molecular weight excluding hydrogens is 228 g/mol. The fourth-order valence-electron chi connectivity index (χ4n) is 1.93. The Labute approximate surface area is 106 Å². The summed E-state index contributed by atoms with van der Waals surface area (Å²) in [5, 5.41) is 4.17. The SMILES string of the molecule is CCc1ccccc1C(=O)CCc1ccsc1. The molecule has 1 aromatic carbocycles. The molecule has 0 bridgehead atoms. The van der Waals surface area contributed by atoms with Crippen molar-refractivity contribution in [1.29, 1.82) is 0 Å². The molecule has 0 amide bonds. The smallest absolute Gasteiger partial charge is 0.163 e. The van der Waals surface area contributed by atoms with Gasteiger partial charge in [0.25, 0.3) is 0 Å². The van der Waals surface area contributed by atoms with Gasteiger partial charge < -0.3 is 0 Å². The quantitative estimate of drug-likeness (QED) is 0.723. The normalized spacial score (nSPS) is 10.4. The van der Waals surface area contributed by atoms with Crippen LogP contribution in [0.4, 0.5) is 0 Å². The third-order valence-corrected chi connectivity index (χ3v) is 3.65. The molecule has 1 heterocycles. The number of aryl methyl sites for hydroxylation is 2. The first-order valence-electron chi connectivity index (χ1n) is 5.93. The summed E-state index contributed by atoms with van der Waals surface area (Å²) in [7, 11) is 0. The highest BCUT2D eigenvalue weighted by Crippen LogP contribution is 2.15. The van der Waals surface area contributed by atoms with Gasteiger partial charge >= 0.3 is 0 Å². The van der Waals surface area contributed by atoms with Gasteiger partial charge in [-0.25, -0.2) is 0 Å². The lowest BCUT2D eigenvalue weighted by molar-refractivity contribution is 0.0982. The zero-order chi connectivity index (χ0) is 12.1. The summed E-state index contributed by atoms with van der Waals surface area (Å²) in [6.07, 6.45) is 2.37. The molecule has 17 heavy (non-hydrogen) atoms. The molecule has 0 saturated carbocycles. The first-order chi connectivity index (χ1) is 8.31. The van der Waals surface area contributed by atoms with E-state index in [-0.39, 0.29) is 5.78 Å². The highest BCUT2D eigenvalue weighted by molar-refractivity contribution is 7.07. The maximum atomic E-state index is 12.1. The number of thiophene rings is 1. The Morgan fingerprint density at radius 2 is 2.06 bits per heavy atom. The van der Waals surface area contributed by atoms with E-state index in [1.54, 1.807) is 11.3 Å². The van der Waals surface area contributed by atoms with Crippen LogP contribution in [0.1, 0.15) is 34.8 Å². The minimum absolute atomic E-state index is 0.258. The molecule has 0 aliphatic carbocycles. The van der Waals surface area contributed by atoms with Gasteiger partial charge in [-0.05, 0) is 40.8 Å². The third kappa shape index (κ3) is 3.04. The van der Waals surface area contributed by atoms with Crippen LogP contribution < -0.4 is 0 Å². The van der Waals surface area contributed by atoms with Crippen LogP contribution in [0.3, 0.4) is 0 Å². The van der Waals surface area contributed by atoms with Crippen LogP contribution in [0, 0.1) is 0 Å². The molecule has 0 atom stereocenters. The third-order valence-electron chi connectivity index (χ3n) is 2.92. The molecule has 2 rings (SSSR count). The van der Waals surface area contributed by atoms with Crippen molar-refractivity contribution in [2.75, 3.05) is 0 Å². The lowest BCUT2D eigenvalue weighted by Gasteiger charge is -2.05. The zero-order valence-electron chi connectivity index (χ0n) is 9.98. The van der Waals surface area contributed by atoms with Gasteiger partial charge in [0, 0.05) is 12.0 Å². The minimum Gasteiger partial charge on any atom is -0.294 e. The Hall–Kier alpha value is -1.41. The van der Waals surface area contributed by atoms with Crippen molar-refractivity contribution in [2.24, 2.45) is 0 Å². The monoisotopic (exact) mass is 244 g/mol. The summed E-state index contributed by atoms with van der Waals surface area (Å²) >= 11 is 1.68. The lowest BCUT2D eigenvalue weighted by atomic mass is 9.98. The summed E-state index contributed by atoms with van der Waals surface area (Å²) < 4.78 is 0. The predicted molar refractivity (Wildman–Crippen MR) is 72.8 cm³/mol. The molecule has 0 spiro atoms. The Morgan fingerprint density at radius 1 is 1.24 bits per heavy atom. The van der Waals surface area contributed by atoms with Crippen molar-refractivity contribution in [2.45, 2.75) is 26.2 Å². The molecule has 0 aliphatic heterocycles. The molecule has 1 nitrogen and oxygen atoms in total. The summed E-state index contributed by atoms with van der Waals surface area (Å²) in [6.45, 7) is 2.09. The van der Waals surface area contributed by atoms with Crippen molar-refractivity contribution in [3.63, 3.8) is 0 Å². The van der Waals surface area contributed by atoms with Crippen molar-refractivity contribution in [3.05, 3.63) is 57.8 Å². The van der Waals surface area contributed by atoms with E-state index < -0.39 is 0 Å². The number of ketones is 1. The fourth-order valence-corrected chi connectivity index (χ4v) is 2.63. The van der Waals surface area contributed by atoms with Crippen molar-refractivity contribution < 1.29 is 4.79 Å². The van der Waals surface area contributed by atoms with Gasteiger partial charge in [0.05, 0.1) is 0 Å². The maximum Gasteiger partial charge on any atom is 0.163 e. The van der Waals surface area contributed by atoms with Crippen LogP contribution in [0.15, 0.2) is 41.1 Å². The van der Waals surface area contributed by atoms with Gasteiger partial charge in [-0.15, -0.1) is 0 Å². The number of hydrogen-bond donors (Lipinski definition) is 0. The van der Waals surface area contributed by atoms with Gasteiger partial charge in [0.2, 0.25) is 0 Å². The van der Waals surface area contributed by atoms with Gasteiger partial charge in [0.1, 0.15) is 0 Å². The van der Waals surface area contributed by atoms with Crippen LogP contribution in [0.25, 0.3) is 0 Å². The van der Waals surface area contributed by atoms with Gasteiger partial charge in [-0.3, -0.25) is 4.79 Å². The van der Waals surface area contributed by atoms with Gasteiger partial charge in [-0.2, -0.15) is 11.3 Å². The van der Waals surface area contributed by atoms with Crippen molar-refractivity contribution >= 4 is 17.1 Å². The minimum atomic E-state index is 0.258. The second kappa shape index (κ2) is 5.78. The Kier molecular flexibility index (Phi) is 4.10. The molecule has 2 heteroatoms. The van der Waals surface area contributed by atoms with E-state index in [0.717, 1.165) is 24.0 Å². The van der Waals surface area contributed by atoms with Crippen molar-refractivity contribution in [3.8, 4) is 0 Å². The average molecular weight is 244 g/mol. The molecule has 88 valence electrons. The predicted octanol–water partition coefficient (Wildman–Crippen LogP) is 4.13. The van der Waals surface area contributed by atoms with E-state index in [9.17, 15) is 4.79 Å². The Morgan fingerprint density at radius 3 is 2.76 bits per heavy atom. The molecule has 0 saturated heterocycles. The summed E-state index contributed by atoms with van der Waals surface area (Å²) in [5.41, 5.74) is 3.31. The standard InChI is InChI=1S/C15H16OS/c1-2-13-5-3-4-6-14(13)15(16)8-7-12-9-10-17-11-12/h3-6,9-11H,2,7-8H2,1H3. The van der Waals surface area contributed by atoms with Crippen molar-refractivity contribution in [1.82, 2.24) is 0 Å². The van der Waals surface area contributed by atoms with Gasteiger partial charge in [-0.1, -0.05) is 31.2 Å². The number of benzene rings is 1. The average Bonchev–Trinajstić information content (AvgIpc) is 2.89. The highest BCUT2D eigenvalue weighted by Gasteiger charge is 2.09. The zero-order valence-corrected chi connectivity index (χ0v) is 10.8. The molecule has 0 fully saturated rings. The highest BCUT2D eigenvalue weighted by atomic mass is 32.1. The molecule has 0 N–H and O–H groups in total. The second-order valence-electron chi connectivity index (χ2n) is 4.07. The first kappa shape index (κ1) is 12.1. The van der Waals surface area contributed by atoms with E-state index >= 15 is 0 Å². The lowest BCUT2D eigenvalue weighted by Crippen LogP contribution is -2.04. The Balaban J connectivity index is 2.04. The molecule has 0 unspecified atom stereocenters. The van der Waals surface area contributed by atoms with Crippen LogP contribution >= 0.6 is 11.3 Å². The maximum absolute atomic E-state index is 12.1. The number of carbonyl (C=O) groups excluding carboxylic acids is 1. The summed E-state index contributed by atoms with van der Waals surface area (Å²) in [4.78, 5) is 12.1. The molecular formula is C15H16OS. The number of rotatable bonds is 5. The van der Waals surface area contributed by atoms with Gasteiger partial charge in [0.15, 0.2) is 5.78 Å². The fraction of sp³-hybridized carbons (Fsp3) is 0.267. The first-order valence-corrected chi connectivity index (χ1v) is 6.87. The van der Waals surface area contributed by atoms with E-state index in [1.807, 2.05) is 24.3 Å². The summed E-state index contributed by atoms with van der Waals surface area (Å²) in [5.74, 6) is 0.258. The van der Waals surface area contributed by atoms with Crippen LogP contribution in [-0.2, 0) is 12.8 Å². The number of Topliss-reactive ketones (excluding diaryl/α,β-unsaturated/α-hetero) is 1. The van der Waals surface area contributed by atoms with E-state index in [0.29, 0.717) is 6.42 Å². The molecule has 2 aromatic rings. The molecule has 0 radical (unpaired) electrons. The van der Waals surface area contributed by atoms with Crippen LogP contribution in [-0.4, -0.2) is 5.78 Å². The number of hydrogen-bond acceptors (Lipinski definition) is 2. The van der Waals surface area contributed by atoms with Crippen LogP contribution in [0.2, 0.25) is 0 Å². The van der Waals surface area contributed by atoms with Crippen LogP contribution in [0.5, 0.6) is 0 Å². The Bertz CT molecular complexity index is 485. The summed E-state index contributed by atoms with van der Waals surface area (Å²) in [6, 6.07) is 10.0.